The third kappa shape index (κ3) is 4.58. The van der Waals surface area contributed by atoms with Gasteiger partial charge in [0, 0.05) is 19.4 Å². The van der Waals surface area contributed by atoms with Gasteiger partial charge >= 0.3 is 5.97 Å². The summed E-state index contributed by atoms with van der Waals surface area (Å²) in [5.41, 5.74) is 2.96. The van der Waals surface area contributed by atoms with Crippen molar-refractivity contribution >= 4 is 23.6 Å². The number of aromatic nitrogens is 3. The Morgan fingerprint density at radius 2 is 1.93 bits per heavy atom. The Kier molecular flexibility index (Phi) is 6.45. The van der Waals surface area contributed by atoms with E-state index in [1.54, 1.807) is 17.5 Å². The molecule has 28 heavy (non-hydrogen) atoms. The van der Waals surface area contributed by atoms with Crippen LogP contribution in [0.4, 0.5) is 0 Å². The summed E-state index contributed by atoms with van der Waals surface area (Å²) < 4.78 is 1.91. The number of carbonyl (C=O) groups is 1. The molecule has 6 heteroatoms. The molecule has 0 amide bonds. The lowest BCUT2D eigenvalue weighted by Gasteiger charge is -2.08. The van der Waals surface area contributed by atoms with Crippen LogP contribution >= 0.6 is 12.2 Å². The van der Waals surface area contributed by atoms with E-state index in [-0.39, 0.29) is 0 Å². The molecule has 0 aliphatic rings. The van der Waals surface area contributed by atoms with Crippen molar-refractivity contribution in [2.24, 2.45) is 0 Å². The van der Waals surface area contributed by atoms with Crippen LogP contribution in [0.15, 0.2) is 61.2 Å². The van der Waals surface area contributed by atoms with Gasteiger partial charge in [-0.2, -0.15) is 5.10 Å². The number of carboxylic acids is 1. The van der Waals surface area contributed by atoms with Gasteiger partial charge < -0.3 is 5.11 Å². The average Bonchev–Trinajstić information content (AvgIpc) is 3.08. The van der Waals surface area contributed by atoms with Crippen molar-refractivity contribution in [2.45, 2.75) is 25.8 Å². The minimum absolute atomic E-state index is 0.296. The highest BCUT2D eigenvalue weighted by Crippen LogP contribution is 2.24. The number of aromatic carboxylic acids is 1. The monoisotopic (exact) mass is 391 g/mol. The second-order valence-corrected chi connectivity index (χ2v) is 6.67. The van der Waals surface area contributed by atoms with E-state index in [1.807, 2.05) is 47.2 Å². The van der Waals surface area contributed by atoms with Crippen LogP contribution in [0, 0.1) is 0 Å². The van der Waals surface area contributed by atoms with Gasteiger partial charge in [0.15, 0.2) is 5.82 Å². The minimum Gasteiger partial charge on any atom is -0.478 e. The van der Waals surface area contributed by atoms with E-state index in [4.69, 9.17) is 12.2 Å². The van der Waals surface area contributed by atoms with Crippen LogP contribution in [-0.2, 0) is 19.4 Å². The van der Waals surface area contributed by atoms with Crippen molar-refractivity contribution < 1.29 is 9.90 Å². The first kappa shape index (κ1) is 19.6. The number of thiocarbonyl (C=S) groups is 1. The number of hydrogen-bond acceptors (Lipinski definition) is 4. The van der Waals surface area contributed by atoms with Crippen LogP contribution in [0.3, 0.4) is 0 Å². The lowest BCUT2D eigenvalue weighted by atomic mass is 9.98. The van der Waals surface area contributed by atoms with E-state index >= 15 is 0 Å². The molecule has 0 radical (unpaired) electrons. The van der Waals surface area contributed by atoms with Gasteiger partial charge in [-0.3, -0.25) is 0 Å². The topological polar surface area (TPSA) is 68.0 Å². The first-order valence-corrected chi connectivity index (χ1v) is 9.48. The normalized spacial score (nSPS) is 10.6. The molecule has 0 spiro atoms. The maximum Gasteiger partial charge on any atom is 0.336 e. The number of nitrogens with zero attached hydrogens (tertiary/aromatic N) is 3. The molecule has 1 heterocycles. The highest BCUT2D eigenvalue weighted by atomic mass is 32.1. The molecule has 0 fully saturated rings. The second kappa shape index (κ2) is 9.19. The van der Waals surface area contributed by atoms with E-state index in [9.17, 15) is 9.90 Å². The molecule has 142 valence electrons. The van der Waals surface area contributed by atoms with Crippen molar-refractivity contribution in [2.75, 3.05) is 0 Å². The van der Waals surface area contributed by atoms with Gasteiger partial charge in [0.1, 0.15) is 5.82 Å². The standard InChI is InChI=1S/C22H21N3O2S/c1-2-3-13-25-21(23-20(24-25)12-14-28)15-16-8-10-17(11-9-16)18-6-4-5-7-19(18)22(26)27/h2,4-11,14H,1,3,12-13,15H2,(H,26,27). The molecule has 0 aliphatic heterocycles. The molecule has 1 N–H and O–H groups in total. The van der Waals surface area contributed by atoms with Crippen molar-refractivity contribution in [3.63, 3.8) is 0 Å². The van der Waals surface area contributed by atoms with Crippen molar-refractivity contribution in [3.8, 4) is 11.1 Å². The molecule has 1 aromatic heterocycles. The molecule has 0 saturated carbocycles. The van der Waals surface area contributed by atoms with Gasteiger partial charge in [0.2, 0.25) is 0 Å². The first-order chi connectivity index (χ1) is 13.6. The Bertz CT molecular complexity index is 993. The van der Waals surface area contributed by atoms with Gasteiger partial charge in [0.25, 0.3) is 0 Å². The smallest absolute Gasteiger partial charge is 0.336 e. The summed E-state index contributed by atoms with van der Waals surface area (Å²) in [5, 5.41) is 15.5. The SMILES string of the molecule is C=CCCn1nc(CC=S)nc1Cc1ccc(-c2ccccc2C(=O)O)cc1. The fourth-order valence-corrected chi connectivity index (χ4v) is 3.17. The van der Waals surface area contributed by atoms with Crippen LogP contribution in [0.2, 0.25) is 0 Å². The van der Waals surface area contributed by atoms with Gasteiger partial charge in [0.05, 0.1) is 5.56 Å². The maximum absolute atomic E-state index is 11.4. The molecule has 5 nitrogen and oxygen atoms in total. The van der Waals surface area contributed by atoms with E-state index in [0.717, 1.165) is 35.7 Å². The number of allylic oxidation sites excluding steroid dienone is 1. The molecular weight excluding hydrogens is 370 g/mol. The summed E-state index contributed by atoms with van der Waals surface area (Å²) in [6, 6.07) is 14.9. The predicted molar refractivity (Wildman–Crippen MR) is 114 cm³/mol. The van der Waals surface area contributed by atoms with Crippen LogP contribution in [-0.4, -0.2) is 31.2 Å². The summed E-state index contributed by atoms with van der Waals surface area (Å²) in [6.07, 6.45) is 3.88. The molecule has 0 aliphatic carbocycles. The molecule has 3 rings (SSSR count). The number of hydrogen-bond donors (Lipinski definition) is 1. The van der Waals surface area contributed by atoms with Gasteiger partial charge in [-0.15, -0.1) is 6.58 Å². The largest absolute Gasteiger partial charge is 0.478 e. The molecular formula is C22H21N3O2S. The number of rotatable bonds is 9. The molecule has 2 aromatic carbocycles. The third-order valence-corrected chi connectivity index (χ3v) is 4.55. The minimum atomic E-state index is -0.930. The van der Waals surface area contributed by atoms with Crippen molar-refractivity contribution in [1.82, 2.24) is 14.8 Å². The Morgan fingerprint density at radius 1 is 1.18 bits per heavy atom. The molecule has 0 unspecified atom stereocenters. The molecule has 0 saturated heterocycles. The van der Waals surface area contributed by atoms with Crippen LogP contribution < -0.4 is 0 Å². The highest BCUT2D eigenvalue weighted by Gasteiger charge is 2.12. The zero-order valence-electron chi connectivity index (χ0n) is 15.4. The molecule has 0 atom stereocenters. The summed E-state index contributed by atoms with van der Waals surface area (Å²) >= 11 is 4.92. The van der Waals surface area contributed by atoms with Crippen LogP contribution in [0.5, 0.6) is 0 Å². The predicted octanol–water partition coefficient (Wildman–Crippen LogP) is 4.35. The lowest BCUT2D eigenvalue weighted by Crippen LogP contribution is -2.06. The van der Waals surface area contributed by atoms with E-state index in [1.165, 1.54) is 0 Å². The zero-order chi connectivity index (χ0) is 19.9. The quantitative estimate of drug-likeness (QED) is 0.434. The summed E-state index contributed by atoms with van der Waals surface area (Å²) in [4.78, 5) is 16.1. The Hall–Kier alpha value is -3.12. The average molecular weight is 391 g/mol. The first-order valence-electron chi connectivity index (χ1n) is 9.01. The van der Waals surface area contributed by atoms with E-state index in [2.05, 4.69) is 16.7 Å². The summed E-state index contributed by atoms with van der Waals surface area (Å²) in [6.45, 7) is 4.49. The summed E-state index contributed by atoms with van der Waals surface area (Å²) in [5.74, 6) is 0.675. The van der Waals surface area contributed by atoms with Crippen LogP contribution in [0.1, 0.15) is 34.0 Å². The van der Waals surface area contributed by atoms with Crippen LogP contribution in [0.25, 0.3) is 11.1 Å². The number of carboxylic acid groups (broad SMARTS) is 1. The number of benzene rings is 2. The fourth-order valence-electron chi connectivity index (χ4n) is 3.02. The Labute approximate surface area is 169 Å². The Morgan fingerprint density at radius 3 is 2.61 bits per heavy atom. The van der Waals surface area contributed by atoms with Crippen molar-refractivity contribution in [3.05, 3.63) is 84.0 Å². The Balaban J connectivity index is 1.84. The van der Waals surface area contributed by atoms with Gasteiger partial charge in [-0.25, -0.2) is 14.5 Å². The zero-order valence-corrected chi connectivity index (χ0v) is 16.2. The summed E-state index contributed by atoms with van der Waals surface area (Å²) in [7, 11) is 0. The van der Waals surface area contributed by atoms with Crippen molar-refractivity contribution in [1.29, 1.82) is 0 Å². The molecule has 3 aromatic rings. The maximum atomic E-state index is 11.4. The molecule has 0 bridgehead atoms. The number of aryl methyl sites for hydroxylation is 1. The fraction of sp³-hybridized carbons (Fsp3) is 0.182. The lowest BCUT2D eigenvalue weighted by molar-refractivity contribution is 0.0697. The van der Waals surface area contributed by atoms with Gasteiger partial charge in [-0.05, 0) is 34.5 Å². The second-order valence-electron chi connectivity index (χ2n) is 6.34. The van der Waals surface area contributed by atoms with E-state index in [0.29, 0.717) is 24.0 Å². The third-order valence-electron chi connectivity index (χ3n) is 4.39. The van der Waals surface area contributed by atoms with Gasteiger partial charge in [-0.1, -0.05) is 60.8 Å². The highest BCUT2D eigenvalue weighted by molar-refractivity contribution is 7.78. The van der Waals surface area contributed by atoms with E-state index < -0.39 is 5.97 Å².